The molecular formula is C18H20ClN3. The van der Waals surface area contributed by atoms with Crippen LogP contribution in [0.5, 0.6) is 0 Å². The molecule has 0 aliphatic heterocycles. The third-order valence-corrected chi connectivity index (χ3v) is 4.32. The number of nitrogens with one attached hydrogen (secondary N) is 1. The van der Waals surface area contributed by atoms with Gasteiger partial charge in [-0.3, -0.25) is 4.90 Å². The third kappa shape index (κ3) is 3.16. The van der Waals surface area contributed by atoms with E-state index >= 15 is 0 Å². The van der Waals surface area contributed by atoms with Crippen molar-refractivity contribution in [3.63, 3.8) is 0 Å². The zero-order chi connectivity index (χ0) is 15.7. The number of hydrogen-bond donors (Lipinski definition) is 1. The van der Waals surface area contributed by atoms with E-state index in [-0.39, 0.29) is 0 Å². The average Bonchev–Trinajstić information content (AvgIpc) is 2.85. The molecule has 0 aliphatic carbocycles. The summed E-state index contributed by atoms with van der Waals surface area (Å²) in [5.41, 5.74) is 4.62. The number of nitrogens with zero attached hydrogens (tertiary/aromatic N) is 2. The lowest BCUT2D eigenvalue weighted by Gasteiger charge is -2.25. The van der Waals surface area contributed by atoms with Gasteiger partial charge in [-0.15, -0.1) is 0 Å². The fourth-order valence-corrected chi connectivity index (χ4v) is 2.94. The molecule has 3 nitrogen and oxygen atoms in total. The summed E-state index contributed by atoms with van der Waals surface area (Å²) >= 11 is 6.06. The summed E-state index contributed by atoms with van der Waals surface area (Å²) < 4.78 is 0. The first-order valence-electron chi connectivity index (χ1n) is 7.44. The molecule has 0 radical (unpaired) electrons. The predicted molar refractivity (Wildman–Crippen MR) is 92.2 cm³/mol. The molecule has 4 heteroatoms. The van der Waals surface area contributed by atoms with E-state index in [1.54, 1.807) is 0 Å². The lowest BCUT2D eigenvalue weighted by atomic mass is 10.1. The van der Waals surface area contributed by atoms with E-state index in [9.17, 15) is 0 Å². The van der Waals surface area contributed by atoms with Gasteiger partial charge in [-0.25, -0.2) is 4.98 Å². The van der Waals surface area contributed by atoms with E-state index in [4.69, 9.17) is 11.6 Å². The molecule has 0 saturated heterocycles. The standard InChI is InChI=1S/C18H20ClN3/c1-12(22(3)11-14-5-4-6-16(19)9-14)15-7-8-17-18(10-15)21-13(2)20-17/h4-10,12H,11H2,1-3H3,(H,20,21). The maximum Gasteiger partial charge on any atom is 0.104 e. The lowest BCUT2D eigenvalue weighted by Crippen LogP contribution is -2.21. The largest absolute Gasteiger partial charge is 0.342 e. The molecule has 1 atom stereocenters. The van der Waals surface area contributed by atoms with Crippen LogP contribution in [0.25, 0.3) is 11.0 Å². The summed E-state index contributed by atoms with van der Waals surface area (Å²) in [6, 6.07) is 14.8. The van der Waals surface area contributed by atoms with Crippen LogP contribution in [0.2, 0.25) is 5.02 Å². The summed E-state index contributed by atoms with van der Waals surface area (Å²) in [5, 5.41) is 0.785. The van der Waals surface area contributed by atoms with Crippen molar-refractivity contribution in [1.82, 2.24) is 14.9 Å². The number of aromatic nitrogens is 2. The lowest BCUT2D eigenvalue weighted by molar-refractivity contribution is 0.253. The van der Waals surface area contributed by atoms with Crippen LogP contribution in [0.1, 0.15) is 29.9 Å². The van der Waals surface area contributed by atoms with Crippen molar-refractivity contribution < 1.29 is 0 Å². The fraction of sp³-hybridized carbons (Fsp3) is 0.278. The molecule has 1 unspecified atom stereocenters. The first-order chi connectivity index (χ1) is 10.5. The van der Waals surface area contributed by atoms with Crippen molar-refractivity contribution in [3.8, 4) is 0 Å². The van der Waals surface area contributed by atoms with E-state index < -0.39 is 0 Å². The number of imidazole rings is 1. The Morgan fingerprint density at radius 3 is 2.82 bits per heavy atom. The number of halogens is 1. The van der Waals surface area contributed by atoms with Gasteiger partial charge in [-0.1, -0.05) is 29.8 Å². The number of fused-ring (bicyclic) bond motifs is 1. The van der Waals surface area contributed by atoms with Crippen molar-refractivity contribution in [3.05, 3.63) is 64.4 Å². The minimum atomic E-state index is 0.312. The zero-order valence-electron chi connectivity index (χ0n) is 13.1. The highest BCUT2D eigenvalue weighted by Gasteiger charge is 2.13. The molecule has 0 amide bonds. The van der Waals surface area contributed by atoms with Gasteiger partial charge in [-0.2, -0.15) is 0 Å². The van der Waals surface area contributed by atoms with Crippen molar-refractivity contribution in [2.24, 2.45) is 0 Å². The van der Waals surface area contributed by atoms with Crippen LogP contribution in [0, 0.1) is 6.92 Å². The van der Waals surface area contributed by atoms with E-state index in [0.29, 0.717) is 6.04 Å². The smallest absolute Gasteiger partial charge is 0.104 e. The molecule has 1 aromatic heterocycles. The van der Waals surface area contributed by atoms with Crippen LogP contribution < -0.4 is 0 Å². The molecule has 1 N–H and O–H groups in total. The van der Waals surface area contributed by atoms with Crippen LogP contribution in [-0.4, -0.2) is 21.9 Å². The summed E-state index contributed by atoms with van der Waals surface area (Å²) in [6.45, 7) is 5.06. The highest BCUT2D eigenvalue weighted by Crippen LogP contribution is 2.24. The number of aromatic amines is 1. The zero-order valence-corrected chi connectivity index (χ0v) is 13.9. The maximum absolute atomic E-state index is 6.06. The van der Waals surface area contributed by atoms with Gasteiger partial charge in [0.2, 0.25) is 0 Å². The molecule has 0 saturated carbocycles. The van der Waals surface area contributed by atoms with Gasteiger partial charge in [0.1, 0.15) is 5.82 Å². The van der Waals surface area contributed by atoms with Gasteiger partial charge in [0.05, 0.1) is 11.0 Å². The van der Waals surface area contributed by atoms with Gasteiger partial charge < -0.3 is 4.98 Å². The van der Waals surface area contributed by atoms with Crippen LogP contribution in [0.3, 0.4) is 0 Å². The Morgan fingerprint density at radius 1 is 1.23 bits per heavy atom. The van der Waals surface area contributed by atoms with E-state index in [1.165, 1.54) is 11.1 Å². The molecule has 0 aliphatic rings. The second kappa shape index (κ2) is 6.11. The molecule has 2 aromatic carbocycles. The Labute approximate surface area is 135 Å². The van der Waals surface area contributed by atoms with Crippen molar-refractivity contribution >= 4 is 22.6 Å². The number of hydrogen-bond acceptors (Lipinski definition) is 2. The SMILES string of the molecule is Cc1nc2ccc(C(C)N(C)Cc3cccc(Cl)c3)cc2[nH]1. The number of rotatable bonds is 4. The van der Waals surface area contributed by atoms with Crippen LogP contribution in [0.15, 0.2) is 42.5 Å². The average molecular weight is 314 g/mol. The second-order valence-corrected chi connectivity index (χ2v) is 6.26. The Morgan fingerprint density at radius 2 is 2.05 bits per heavy atom. The minimum Gasteiger partial charge on any atom is -0.342 e. The quantitative estimate of drug-likeness (QED) is 0.756. The van der Waals surface area contributed by atoms with Gasteiger partial charge in [-0.05, 0) is 56.3 Å². The Balaban J connectivity index is 1.80. The van der Waals surface area contributed by atoms with Crippen molar-refractivity contribution in [2.75, 3.05) is 7.05 Å². The highest BCUT2D eigenvalue weighted by molar-refractivity contribution is 6.30. The summed E-state index contributed by atoms with van der Waals surface area (Å²) in [5.74, 6) is 0.951. The van der Waals surface area contributed by atoms with Crippen LogP contribution in [-0.2, 0) is 6.54 Å². The van der Waals surface area contributed by atoms with E-state index in [2.05, 4.69) is 53.1 Å². The maximum atomic E-state index is 6.06. The molecule has 1 heterocycles. The molecule has 0 fully saturated rings. The molecule has 3 rings (SSSR count). The summed E-state index contributed by atoms with van der Waals surface area (Å²) in [4.78, 5) is 10.1. The normalized spacial score (nSPS) is 13.0. The van der Waals surface area contributed by atoms with Crippen molar-refractivity contribution in [1.29, 1.82) is 0 Å². The molecule has 114 valence electrons. The Bertz CT molecular complexity index is 794. The topological polar surface area (TPSA) is 31.9 Å². The van der Waals surface area contributed by atoms with Gasteiger partial charge in [0.25, 0.3) is 0 Å². The number of aryl methyl sites for hydroxylation is 1. The summed E-state index contributed by atoms with van der Waals surface area (Å²) in [7, 11) is 2.13. The first kappa shape index (κ1) is 15.1. The number of H-pyrrole nitrogens is 1. The van der Waals surface area contributed by atoms with E-state index in [0.717, 1.165) is 28.4 Å². The first-order valence-corrected chi connectivity index (χ1v) is 7.81. The third-order valence-electron chi connectivity index (χ3n) is 4.09. The van der Waals surface area contributed by atoms with Gasteiger partial charge in [0, 0.05) is 17.6 Å². The molecule has 0 bridgehead atoms. The molecule has 3 aromatic rings. The molecule has 22 heavy (non-hydrogen) atoms. The summed E-state index contributed by atoms with van der Waals surface area (Å²) in [6.07, 6.45) is 0. The second-order valence-electron chi connectivity index (χ2n) is 5.82. The fourth-order valence-electron chi connectivity index (χ4n) is 2.73. The molecular weight excluding hydrogens is 294 g/mol. The Hall–Kier alpha value is -1.84. The van der Waals surface area contributed by atoms with Crippen LogP contribution >= 0.6 is 11.6 Å². The van der Waals surface area contributed by atoms with Crippen LogP contribution in [0.4, 0.5) is 0 Å². The number of benzene rings is 2. The molecule has 0 spiro atoms. The van der Waals surface area contributed by atoms with E-state index in [1.807, 2.05) is 25.1 Å². The van der Waals surface area contributed by atoms with Crippen molar-refractivity contribution in [2.45, 2.75) is 26.4 Å². The minimum absolute atomic E-state index is 0.312. The van der Waals surface area contributed by atoms with Gasteiger partial charge >= 0.3 is 0 Å². The Kier molecular flexibility index (Phi) is 4.19. The highest BCUT2D eigenvalue weighted by atomic mass is 35.5. The predicted octanol–water partition coefficient (Wildman–Crippen LogP) is 4.72. The monoisotopic (exact) mass is 313 g/mol. The van der Waals surface area contributed by atoms with Gasteiger partial charge in [0.15, 0.2) is 0 Å².